The minimum absolute atomic E-state index is 0.134. The molecular weight excluding hydrogens is 236 g/mol. The van der Waals surface area contributed by atoms with E-state index in [1.165, 1.54) is 0 Å². The number of urea groups is 1. The fraction of sp³-hybridized carbons (Fsp3) is 0.500. The van der Waals surface area contributed by atoms with Crippen LogP contribution in [0.1, 0.15) is 30.8 Å². The highest BCUT2D eigenvalue weighted by Crippen LogP contribution is 2.05. The van der Waals surface area contributed by atoms with Gasteiger partial charge in [0, 0.05) is 13.0 Å². The molecule has 6 heteroatoms. The summed E-state index contributed by atoms with van der Waals surface area (Å²) in [6.07, 6.45) is 1.35. The number of carboxylic acid groups (broad SMARTS) is 1. The van der Waals surface area contributed by atoms with Crippen molar-refractivity contribution in [2.75, 3.05) is 6.54 Å². The van der Waals surface area contributed by atoms with Crippen molar-refractivity contribution in [3.8, 4) is 0 Å². The van der Waals surface area contributed by atoms with Gasteiger partial charge in [-0.3, -0.25) is 4.79 Å². The van der Waals surface area contributed by atoms with Gasteiger partial charge in [-0.2, -0.15) is 0 Å². The molecule has 2 amide bonds. The maximum Gasteiger partial charge on any atom is 0.315 e. The molecule has 1 aromatic heterocycles. The van der Waals surface area contributed by atoms with E-state index in [-0.39, 0.29) is 12.5 Å². The van der Waals surface area contributed by atoms with Gasteiger partial charge >= 0.3 is 12.0 Å². The van der Waals surface area contributed by atoms with Crippen LogP contribution in [0.3, 0.4) is 0 Å². The van der Waals surface area contributed by atoms with Crippen molar-refractivity contribution in [3.05, 3.63) is 23.7 Å². The Morgan fingerprint density at radius 2 is 2.06 bits per heavy atom. The summed E-state index contributed by atoms with van der Waals surface area (Å²) in [5.74, 6) is 0.696. The lowest BCUT2D eigenvalue weighted by atomic mass is 10.2. The second-order valence-corrected chi connectivity index (χ2v) is 3.97. The van der Waals surface area contributed by atoms with E-state index >= 15 is 0 Å². The molecule has 0 fully saturated rings. The Labute approximate surface area is 105 Å². The number of unbranched alkanes of at least 4 members (excludes halogenated alkanes) is 1. The summed E-state index contributed by atoms with van der Waals surface area (Å²) in [5.41, 5.74) is 0. The zero-order valence-corrected chi connectivity index (χ0v) is 10.4. The van der Waals surface area contributed by atoms with Gasteiger partial charge in [0.25, 0.3) is 0 Å². The van der Waals surface area contributed by atoms with Crippen molar-refractivity contribution in [2.24, 2.45) is 0 Å². The largest absolute Gasteiger partial charge is 0.481 e. The van der Waals surface area contributed by atoms with Gasteiger partial charge in [0.15, 0.2) is 0 Å². The first-order valence-corrected chi connectivity index (χ1v) is 5.87. The van der Waals surface area contributed by atoms with Crippen LogP contribution in [0, 0.1) is 6.92 Å². The van der Waals surface area contributed by atoms with Gasteiger partial charge in [-0.15, -0.1) is 0 Å². The number of nitrogens with one attached hydrogen (secondary N) is 2. The van der Waals surface area contributed by atoms with Crippen LogP contribution in [0.15, 0.2) is 16.5 Å². The fourth-order valence-electron chi connectivity index (χ4n) is 1.41. The molecule has 3 N–H and O–H groups in total. The second kappa shape index (κ2) is 7.37. The van der Waals surface area contributed by atoms with Crippen molar-refractivity contribution >= 4 is 12.0 Å². The predicted octanol–water partition coefficient (Wildman–Crippen LogP) is 1.64. The van der Waals surface area contributed by atoms with Crippen LogP contribution in [-0.2, 0) is 11.3 Å². The number of furan rings is 1. The van der Waals surface area contributed by atoms with Gasteiger partial charge < -0.3 is 20.2 Å². The van der Waals surface area contributed by atoms with Gasteiger partial charge in [0.1, 0.15) is 11.5 Å². The van der Waals surface area contributed by atoms with Crippen molar-refractivity contribution < 1.29 is 19.1 Å². The van der Waals surface area contributed by atoms with Gasteiger partial charge in [-0.05, 0) is 31.9 Å². The molecule has 0 atom stereocenters. The molecular formula is C12H18N2O4. The maximum atomic E-state index is 11.3. The zero-order chi connectivity index (χ0) is 13.4. The summed E-state index contributed by atoms with van der Waals surface area (Å²) in [6, 6.07) is 3.36. The molecule has 6 nitrogen and oxygen atoms in total. The number of amides is 2. The lowest BCUT2D eigenvalue weighted by Crippen LogP contribution is -2.35. The highest BCUT2D eigenvalue weighted by Gasteiger charge is 2.03. The normalized spacial score (nSPS) is 10.1. The number of aryl methyl sites for hydroxylation is 1. The molecule has 1 heterocycles. The van der Waals surface area contributed by atoms with Crippen LogP contribution in [0.5, 0.6) is 0 Å². The van der Waals surface area contributed by atoms with E-state index in [1.807, 2.05) is 19.1 Å². The Hall–Kier alpha value is -1.98. The number of rotatable bonds is 7. The summed E-state index contributed by atoms with van der Waals surface area (Å²) in [5, 5.41) is 13.7. The van der Waals surface area contributed by atoms with Crippen molar-refractivity contribution in [1.82, 2.24) is 10.6 Å². The molecule has 1 rings (SSSR count). The minimum Gasteiger partial charge on any atom is -0.481 e. The van der Waals surface area contributed by atoms with E-state index < -0.39 is 5.97 Å². The van der Waals surface area contributed by atoms with E-state index in [0.717, 1.165) is 5.76 Å². The number of carboxylic acids is 1. The third-order valence-corrected chi connectivity index (χ3v) is 2.32. The molecule has 0 aliphatic rings. The molecule has 18 heavy (non-hydrogen) atoms. The Morgan fingerprint density at radius 1 is 1.28 bits per heavy atom. The molecule has 0 aliphatic heterocycles. The summed E-state index contributed by atoms with van der Waals surface area (Å²) in [7, 11) is 0. The van der Waals surface area contributed by atoms with Crippen LogP contribution in [0.25, 0.3) is 0 Å². The molecule has 0 saturated carbocycles. The fourth-order valence-corrected chi connectivity index (χ4v) is 1.41. The van der Waals surface area contributed by atoms with Gasteiger partial charge in [-0.25, -0.2) is 4.79 Å². The van der Waals surface area contributed by atoms with E-state index in [9.17, 15) is 9.59 Å². The summed E-state index contributed by atoms with van der Waals surface area (Å²) in [6.45, 7) is 2.65. The van der Waals surface area contributed by atoms with E-state index in [4.69, 9.17) is 9.52 Å². The maximum absolute atomic E-state index is 11.3. The van der Waals surface area contributed by atoms with Crippen LogP contribution in [0.2, 0.25) is 0 Å². The number of hydrogen-bond donors (Lipinski definition) is 3. The monoisotopic (exact) mass is 254 g/mol. The number of carbonyl (C=O) groups excluding carboxylic acids is 1. The lowest BCUT2D eigenvalue weighted by molar-refractivity contribution is -0.137. The summed E-state index contributed by atoms with van der Waals surface area (Å²) in [4.78, 5) is 21.6. The number of carbonyl (C=O) groups is 2. The molecule has 0 radical (unpaired) electrons. The van der Waals surface area contributed by atoms with E-state index in [1.54, 1.807) is 0 Å². The van der Waals surface area contributed by atoms with Gasteiger partial charge in [0.05, 0.1) is 6.54 Å². The number of aliphatic carboxylic acids is 1. The minimum atomic E-state index is -0.812. The quantitative estimate of drug-likeness (QED) is 0.645. The Bertz CT molecular complexity index is 401. The van der Waals surface area contributed by atoms with Crippen molar-refractivity contribution in [1.29, 1.82) is 0 Å². The van der Waals surface area contributed by atoms with Crippen LogP contribution in [-0.4, -0.2) is 23.7 Å². The highest BCUT2D eigenvalue weighted by molar-refractivity contribution is 5.73. The summed E-state index contributed by atoms with van der Waals surface area (Å²) < 4.78 is 5.30. The average molecular weight is 254 g/mol. The van der Waals surface area contributed by atoms with Gasteiger partial charge in [-0.1, -0.05) is 0 Å². The third-order valence-electron chi connectivity index (χ3n) is 2.32. The Balaban J connectivity index is 2.05. The molecule has 0 aromatic carbocycles. The second-order valence-electron chi connectivity index (χ2n) is 3.97. The highest BCUT2D eigenvalue weighted by atomic mass is 16.4. The number of hydrogen-bond acceptors (Lipinski definition) is 3. The Kier molecular flexibility index (Phi) is 5.76. The molecule has 0 bridgehead atoms. The molecule has 1 aromatic rings. The first kappa shape index (κ1) is 14.1. The molecule has 0 unspecified atom stereocenters. The van der Waals surface area contributed by atoms with Crippen molar-refractivity contribution in [3.63, 3.8) is 0 Å². The Morgan fingerprint density at radius 3 is 2.67 bits per heavy atom. The van der Waals surface area contributed by atoms with Crippen LogP contribution < -0.4 is 10.6 Å². The average Bonchev–Trinajstić information content (AvgIpc) is 2.71. The smallest absolute Gasteiger partial charge is 0.315 e. The standard InChI is InChI=1S/C12H18N2O4/c1-9-5-6-10(18-9)8-14-12(17)13-7-3-2-4-11(15)16/h5-6H,2-4,7-8H2,1H3,(H,15,16)(H2,13,14,17). The van der Waals surface area contributed by atoms with Crippen LogP contribution >= 0.6 is 0 Å². The third kappa shape index (κ3) is 5.93. The SMILES string of the molecule is Cc1ccc(CNC(=O)NCCCCC(=O)O)o1. The first-order valence-electron chi connectivity index (χ1n) is 5.87. The summed E-state index contributed by atoms with van der Waals surface area (Å²) >= 11 is 0. The van der Waals surface area contributed by atoms with E-state index in [2.05, 4.69) is 10.6 Å². The van der Waals surface area contributed by atoms with Crippen molar-refractivity contribution in [2.45, 2.75) is 32.7 Å². The molecule has 100 valence electrons. The molecule has 0 spiro atoms. The predicted molar refractivity (Wildman–Crippen MR) is 65.2 cm³/mol. The van der Waals surface area contributed by atoms with E-state index in [0.29, 0.717) is 31.7 Å². The lowest BCUT2D eigenvalue weighted by Gasteiger charge is -2.05. The zero-order valence-electron chi connectivity index (χ0n) is 10.4. The van der Waals surface area contributed by atoms with Gasteiger partial charge in [0.2, 0.25) is 0 Å². The topological polar surface area (TPSA) is 91.6 Å². The molecule has 0 saturated heterocycles. The first-order chi connectivity index (χ1) is 8.58. The molecule has 0 aliphatic carbocycles. The van der Waals surface area contributed by atoms with Crippen LogP contribution in [0.4, 0.5) is 4.79 Å².